The molecule has 6 heteroatoms. The van der Waals surface area contributed by atoms with E-state index in [2.05, 4.69) is 0 Å². The fourth-order valence-electron chi connectivity index (χ4n) is 2.78. The Hall–Kier alpha value is -1.30. The summed E-state index contributed by atoms with van der Waals surface area (Å²) in [6.07, 6.45) is 0.933. The Morgan fingerprint density at radius 1 is 1.45 bits per heavy atom. The van der Waals surface area contributed by atoms with Gasteiger partial charge in [0.05, 0.1) is 12.2 Å². The number of halogens is 1. The van der Waals surface area contributed by atoms with Crippen molar-refractivity contribution in [2.45, 2.75) is 19.4 Å². The quantitative estimate of drug-likeness (QED) is 0.814. The van der Waals surface area contributed by atoms with Gasteiger partial charge in [0.1, 0.15) is 12.4 Å². The lowest BCUT2D eigenvalue weighted by molar-refractivity contribution is 0.0736. The highest BCUT2D eigenvalue weighted by atomic mass is 35.5. The zero-order valence-corrected chi connectivity index (χ0v) is 13.8. The van der Waals surface area contributed by atoms with E-state index in [0.29, 0.717) is 48.6 Å². The van der Waals surface area contributed by atoms with Gasteiger partial charge in [-0.25, -0.2) is 0 Å². The van der Waals surface area contributed by atoms with E-state index in [1.807, 2.05) is 11.8 Å². The standard InChI is InChI=1S/C16H23ClN2O3/c1-11-7-12(9-18)10-19(11)16(20)14-8-13(17)3-4-15(14)22-6-5-21-2/h3-4,8,11-12H,5-7,9-10,18H2,1-2H3. The maximum atomic E-state index is 12.8. The van der Waals surface area contributed by atoms with Crippen LogP contribution in [0.3, 0.4) is 0 Å². The second kappa shape index (κ2) is 7.81. The number of carbonyl (C=O) groups excluding carboxylic acids is 1. The number of likely N-dealkylation sites (tertiary alicyclic amines) is 1. The molecule has 0 bridgehead atoms. The monoisotopic (exact) mass is 326 g/mol. The molecule has 2 unspecified atom stereocenters. The number of benzene rings is 1. The van der Waals surface area contributed by atoms with Crippen LogP contribution >= 0.6 is 11.6 Å². The number of ether oxygens (including phenoxy) is 2. The summed E-state index contributed by atoms with van der Waals surface area (Å²) in [7, 11) is 1.61. The Morgan fingerprint density at radius 3 is 2.86 bits per heavy atom. The molecule has 2 N–H and O–H groups in total. The van der Waals surface area contributed by atoms with E-state index in [4.69, 9.17) is 26.8 Å². The molecule has 1 fully saturated rings. The van der Waals surface area contributed by atoms with Gasteiger partial charge in [0.25, 0.3) is 5.91 Å². The van der Waals surface area contributed by atoms with Crippen molar-refractivity contribution in [2.24, 2.45) is 11.7 Å². The van der Waals surface area contributed by atoms with Gasteiger partial charge in [0.2, 0.25) is 0 Å². The predicted octanol–water partition coefficient (Wildman–Crippen LogP) is 2.17. The van der Waals surface area contributed by atoms with Crippen LogP contribution in [-0.2, 0) is 4.74 Å². The van der Waals surface area contributed by atoms with Crippen molar-refractivity contribution in [2.75, 3.05) is 33.4 Å². The van der Waals surface area contributed by atoms with E-state index >= 15 is 0 Å². The zero-order chi connectivity index (χ0) is 16.1. The van der Waals surface area contributed by atoms with Crippen molar-refractivity contribution in [3.63, 3.8) is 0 Å². The minimum atomic E-state index is -0.0571. The molecule has 5 nitrogen and oxygen atoms in total. The molecule has 2 atom stereocenters. The molecule has 2 rings (SSSR count). The predicted molar refractivity (Wildman–Crippen MR) is 86.5 cm³/mol. The summed E-state index contributed by atoms with van der Waals surface area (Å²) < 4.78 is 10.6. The third-order valence-corrected chi connectivity index (χ3v) is 4.21. The van der Waals surface area contributed by atoms with Crippen molar-refractivity contribution < 1.29 is 14.3 Å². The minimum Gasteiger partial charge on any atom is -0.490 e. The van der Waals surface area contributed by atoms with Gasteiger partial charge in [-0.2, -0.15) is 0 Å². The third-order valence-electron chi connectivity index (χ3n) is 3.97. The molecule has 1 heterocycles. The molecule has 1 aliphatic heterocycles. The summed E-state index contributed by atoms with van der Waals surface area (Å²) in [4.78, 5) is 14.7. The third kappa shape index (κ3) is 3.91. The Morgan fingerprint density at radius 2 is 2.23 bits per heavy atom. The number of hydrogen-bond donors (Lipinski definition) is 1. The van der Waals surface area contributed by atoms with Gasteiger partial charge in [-0.05, 0) is 44.0 Å². The van der Waals surface area contributed by atoms with Crippen molar-refractivity contribution in [1.29, 1.82) is 0 Å². The zero-order valence-electron chi connectivity index (χ0n) is 13.0. The summed E-state index contributed by atoms with van der Waals surface area (Å²) in [6, 6.07) is 5.28. The highest BCUT2D eigenvalue weighted by Crippen LogP contribution is 2.29. The summed E-state index contributed by atoms with van der Waals surface area (Å²) in [6.45, 7) is 4.18. The molecule has 122 valence electrons. The summed E-state index contributed by atoms with van der Waals surface area (Å²) in [5, 5.41) is 0.518. The van der Waals surface area contributed by atoms with Crippen molar-refractivity contribution in [3.05, 3.63) is 28.8 Å². The van der Waals surface area contributed by atoms with Crippen LogP contribution in [0.1, 0.15) is 23.7 Å². The molecule has 22 heavy (non-hydrogen) atoms. The summed E-state index contributed by atoms with van der Waals surface area (Å²) in [5.74, 6) is 0.837. The Bertz CT molecular complexity index is 524. The average Bonchev–Trinajstić information content (AvgIpc) is 2.89. The smallest absolute Gasteiger partial charge is 0.257 e. The molecular formula is C16H23ClN2O3. The lowest BCUT2D eigenvalue weighted by atomic mass is 10.1. The van der Waals surface area contributed by atoms with Gasteiger partial charge >= 0.3 is 0 Å². The number of methoxy groups -OCH3 is 1. The van der Waals surface area contributed by atoms with Crippen LogP contribution in [0, 0.1) is 5.92 Å². The van der Waals surface area contributed by atoms with E-state index in [1.165, 1.54) is 0 Å². The Kier molecular flexibility index (Phi) is 6.06. The van der Waals surface area contributed by atoms with E-state index in [-0.39, 0.29) is 11.9 Å². The number of amides is 1. The largest absolute Gasteiger partial charge is 0.490 e. The number of nitrogens with two attached hydrogens (primary N) is 1. The van der Waals surface area contributed by atoms with Crippen LogP contribution < -0.4 is 10.5 Å². The van der Waals surface area contributed by atoms with E-state index in [1.54, 1.807) is 25.3 Å². The Labute approximate surface area is 136 Å². The van der Waals surface area contributed by atoms with Crippen molar-refractivity contribution in [1.82, 2.24) is 4.90 Å². The molecule has 0 aliphatic carbocycles. The molecule has 1 aromatic carbocycles. The summed E-state index contributed by atoms with van der Waals surface area (Å²) in [5.41, 5.74) is 6.23. The summed E-state index contributed by atoms with van der Waals surface area (Å²) >= 11 is 6.05. The Balaban J connectivity index is 2.19. The molecule has 0 spiro atoms. The van der Waals surface area contributed by atoms with Crippen LogP contribution in [0.5, 0.6) is 5.75 Å². The van der Waals surface area contributed by atoms with Gasteiger partial charge in [-0.3, -0.25) is 4.79 Å². The fourth-order valence-corrected chi connectivity index (χ4v) is 2.95. The van der Waals surface area contributed by atoms with Gasteiger partial charge in [-0.15, -0.1) is 0 Å². The van der Waals surface area contributed by atoms with Crippen LogP contribution in [0.4, 0.5) is 0 Å². The van der Waals surface area contributed by atoms with Gasteiger partial charge in [-0.1, -0.05) is 11.6 Å². The molecule has 1 amide bonds. The van der Waals surface area contributed by atoms with Crippen molar-refractivity contribution >= 4 is 17.5 Å². The second-order valence-corrected chi connectivity index (χ2v) is 6.06. The molecule has 1 aliphatic rings. The topological polar surface area (TPSA) is 64.8 Å². The number of carbonyl (C=O) groups is 1. The first kappa shape index (κ1) is 17.1. The molecular weight excluding hydrogens is 304 g/mol. The number of rotatable bonds is 6. The maximum absolute atomic E-state index is 12.8. The molecule has 0 radical (unpaired) electrons. The maximum Gasteiger partial charge on any atom is 0.257 e. The fraction of sp³-hybridized carbons (Fsp3) is 0.562. The SMILES string of the molecule is COCCOc1ccc(Cl)cc1C(=O)N1CC(CN)CC1C. The van der Waals surface area contributed by atoms with Gasteiger partial charge in [0.15, 0.2) is 0 Å². The molecule has 1 saturated heterocycles. The average molecular weight is 327 g/mol. The highest BCUT2D eigenvalue weighted by Gasteiger charge is 2.33. The van der Waals surface area contributed by atoms with Crippen LogP contribution in [-0.4, -0.2) is 50.3 Å². The van der Waals surface area contributed by atoms with Crippen LogP contribution in [0.2, 0.25) is 5.02 Å². The molecule has 1 aromatic rings. The first-order valence-corrected chi connectivity index (χ1v) is 7.87. The lowest BCUT2D eigenvalue weighted by Gasteiger charge is -2.23. The van der Waals surface area contributed by atoms with E-state index in [0.717, 1.165) is 6.42 Å². The highest BCUT2D eigenvalue weighted by molar-refractivity contribution is 6.31. The van der Waals surface area contributed by atoms with E-state index in [9.17, 15) is 4.79 Å². The van der Waals surface area contributed by atoms with Crippen LogP contribution in [0.15, 0.2) is 18.2 Å². The number of hydrogen-bond acceptors (Lipinski definition) is 4. The van der Waals surface area contributed by atoms with Gasteiger partial charge in [0, 0.05) is 24.7 Å². The lowest BCUT2D eigenvalue weighted by Crippen LogP contribution is -2.34. The van der Waals surface area contributed by atoms with E-state index < -0.39 is 0 Å². The molecule has 0 aromatic heterocycles. The second-order valence-electron chi connectivity index (χ2n) is 5.63. The van der Waals surface area contributed by atoms with Gasteiger partial charge < -0.3 is 20.1 Å². The number of nitrogens with zero attached hydrogens (tertiary/aromatic N) is 1. The van der Waals surface area contributed by atoms with Crippen molar-refractivity contribution in [3.8, 4) is 5.75 Å². The minimum absolute atomic E-state index is 0.0571. The first-order chi connectivity index (χ1) is 10.6. The molecule has 0 saturated carbocycles. The normalized spacial score (nSPS) is 21.2. The van der Waals surface area contributed by atoms with Crippen LogP contribution in [0.25, 0.3) is 0 Å². The first-order valence-electron chi connectivity index (χ1n) is 7.49.